The summed E-state index contributed by atoms with van der Waals surface area (Å²) in [5.41, 5.74) is -3.41. The van der Waals surface area contributed by atoms with Crippen molar-refractivity contribution in [1.29, 1.82) is 0 Å². The number of hydrogen-bond donors (Lipinski definition) is 3. The number of aromatic nitrogens is 2. The Balaban J connectivity index is 1.63. The molecule has 0 bridgehead atoms. The molecule has 0 radical (unpaired) electrons. The van der Waals surface area contributed by atoms with Crippen LogP contribution in [-0.2, 0) is 35.0 Å². The van der Waals surface area contributed by atoms with Gasteiger partial charge in [-0.25, -0.2) is 13.5 Å². The second kappa shape index (κ2) is 11.4. The number of alkyl halides is 6. The van der Waals surface area contributed by atoms with Gasteiger partial charge in [-0.05, 0) is 41.5 Å². The zero-order valence-electron chi connectivity index (χ0n) is 19.7. The highest BCUT2D eigenvalue weighted by Gasteiger charge is 2.38. The second-order valence-electron chi connectivity index (χ2n) is 8.63. The molecule has 0 spiro atoms. The quantitative estimate of drug-likeness (QED) is 0.279. The molecule has 1 fully saturated rings. The minimum absolute atomic E-state index is 0.0124. The fourth-order valence-corrected chi connectivity index (χ4v) is 4.63. The number of halogens is 7. The van der Waals surface area contributed by atoms with E-state index in [4.69, 9.17) is 9.47 Å². The predicted molar refractivity (Wildman–Crippen MR) is 122 cm³/mol. The molecule has 1 aliphatic heterocycles. The van der Waals surface area contributed by atoms with Crippen LogP contribution in [0, 0.1) is 5.82 Å². The van der Waals surface area contributed by atoms with Crippen molar-refractivity contribution >= 4 is 8.53 Å². The first-order chi connectivity index (χ1) is 18.2. The van der Waals surface area contributed by atoms with Gasteiger partial charge < -0.3 is 24.2 Å². The Bertz CT molecular complexity index is 1310. The number of benzene rings is 2. The van der Waals surface area contributed by atoms with Crippen molar-refractivity contribution < 1.29 is 50.0 Å². The lowest BCUT2D eigenvalue weighted by Crippen LogP contribution is -2.46. The number of imidazole rings is 1. The highest BCUT2D eigenvalue weighted by Crippen LogP contribution is 2.37. The molecule has 8 nitrogen and oxygen atoms in total. The van der Waals surface area contributed by atoms with E-state index in [0.717, 1.165) is 12.1 Å². The minimum atomic E-state index is -5.03. The summed E-state index contributed by atoms with van der Waals surface area (Å²) in [6.45, 7) is -0.380. The van der Waals surface area contributed by atoms with E-state index < -0.39 is 68.0 Å². The van der Waals surface area contributed by atoms with Gasteiger partial charge in [-0.2, -0.15) is 26.3 Å². The standard InChI is InChI=1S/C23H21F7N3O5P/c24-17-3-1-14(2-4-17)19-20(37-6-5-32(19)10-18-11-33(39(35)36)21(34)31-18)38-12-13-7-15(22(25,26)27)9-16(8-13)23(28,29)30/h1-4,7-9,11,19-20,35-36H,5-6,10,12H2,(H,31,34)/t19-,20+/m0/s1. The smallest absolute Gasteiger partial charge is 0.349 e. The molecule has 4 rings (SSSR count). The van der Waals surface area contributed by atoms with E-state index in [1.165, 1.54) is 18.3 Å². The first kappa shape index (κ1) is 29.2. The lowest BCUT2D eigenvalue weighted by molar-refractivity contribution is -0.218. The summed E-state index contributed by atoms with van der Waals surface area (Å²) in [7, 11) is -2.74. The van der Waals surface area contributed by atoms with Crippen LogP contribution in [0.3, 0.4) is 0 Å². The van der Waals surface area contributed by atoms with Gasteiger partial charge in [-0.3, -0.25) is 4.90 Å². The molecule has 2 atom stereocenters. The van der Waals surface area contributed by atoms with Crippen molar-refractivity contribution in [2.24, 2.45) is 0 Å². The van der Waals surface area contributed by atoms with E-state index in [9.17, 15) is 45.3 Å². The number of nitrogens with zero attached hydrogens (tertiary/aromatic N) is 2. The van der Waals surface area contributed by atoms with E-state index in [0.29, 0.717) is 22.0 Å². The molecular weight excluding hydrogens is 562 g/mol. The molecule has 2 heterocycles. The molecule has 1 saturated heterocycles. The summed E-state index contributed by atoms with van der Waals surface area (Å²) < 4.78 is 105. The third-order valence-corrected chi connectivity index (χ3v) is 6.59. The molecule has 39 heavy (non-hydrogen) atoms. The summed E-state index contributed by atoms with van der Waals surface area (Å²) in [6.07, 6.45) is -10.1. The van der Waals surface area contributed by atoms with Crippen LogP contribution < -0.4 is 5.69 Å². The number of rotatable bonds is 7. The largest absolute Gasteiger partial charge is 0.416 e. The minimum Gasteiger partial charge on any atom is -0.349 e. The molecule has 0 amide bonds. The van der Waals surface area contributed by atoms with Crippen LogP contribution in [0.2, 0.25) is 0 Å². The number of ether oxygens (including phenoxy) is 2. The Morgan fingerprint density at radius 3 is 2.18 bits per heavy atom. The van der Waals surface area contributed by atoms with Gasteiger partial charge in [0.1, 0.15) is 5.82 Å². The normalized spacial score (nSPS) is 19.1. The fraction of sp³-hybridized carbons (Fsp3) is 0.348. The SMILES string of the molecule is O=c1[nH]c(CN2CCO[C@H](OCc3cc(C(F)(F)F)cc(C(F)(F)F)c3)[C@@H]2c2ccc(F)cc2)cn1P(O)O. The molecule has 0 saturated carbocycles. The van der Waals surface area contributed by atoms with Gasteiger partial charge in [-0.1, -0.05) is 12.1 Å². The summed E-state index contributed by atoms with van der Waals surface area (Å²) in [4.78, 5) is 34.9. The van der Waals surface area contributed by atoms with Crippen molar-refractivity contribution in [2.45, 2.75) is 37.8 Å². The molecule has 3 N–H and O–H groups in total. The summed E-state index contributed by atoms with van der Waals surface area (Å²) in [5.74, 6) is -0.552. The topological polar surface area (TPSA) is 100.0 Å². The summed E-state index contributed by atoms with van der Waals surface area (Å²) >= 11 is 0. The third-order valence-electron chi connectivity index (χ3n) is 5.90. The Morgan fingerprint density at radius 1 is 1.03 bits per heavy atom. The van der Waals surface area contributed by atoms with Crippen LogP contribution in [0.15, 0.2) is 53.5 Å². The lowest BCUT2D eigenvalue weighted by Gasteiger charge is -2.41. The predicted octanol–water partition coefficient (Wildman–Crippen LogP) is 4.53. The first-order valence-electron chi connectivity index (χ1n) is 11.2. The molecule has 0 unspecified atom stereocenters. The maximum Gasteiger partial charge on any atom is 0.416 e. The molecule has 2 aromatic carbocycles. The van der Waals surface area contributed by atoms with Crippen LogP contribution in [0.4, 0.5) is 30.7 Å². The van der Waals surface area contributed by atoms with Gasteiger partial charge in [0, 0.05) is 19.3 Å². The Labute approximate surface area is 217 Å². The number of nitrogens with one attached hydrogen (secondary N) is 1. The highest BCUT2D eigenvalue weighted by molar-refractivity contribution is 7.43. The van der Waals surface area contributed by atoms with Crippen LogP contribution in [0.25, 0.3) is 0 Å². The van der Waals surface area contributed by atoms with Crippen molar-refractivity contribution in [3.05, 3.63) is 92.9 Å². The van der Waals surface area contributed by atoms with Gasteiger partial charge >= 0.3 is 18.0 Å². The van der Waals surface area contributed by atoms with E-state index >= 15 is 0 Å². The maximum absolute atomic E-state index is 13.6. The third kappa shape index (κ3) is 7.04. The van der Waals surface area contributed by atoms with Gasteiger partial charge in [0.25, 0.3) is 8.53 Å². The first-order valence-corrected chi connectivity index (χ1v) is 12.4. The van der Waals surface area contributed by atoms with Crippen molar-refractivity contribution in [3.63, 3.8) is 0 Å². The number of morpholine rings is 1. The molecule has 212 valence electrons. The summed E-state index contributed by atoms with van der Waals surface area (Å²) in [5, 5.41) is 0. The lowest BCUT2D eigenvalue weighted by atomic mass is 10.0. The van der Waals surface area contributed by atoms with Crippen molar-refractivity contribution in [3.8, 4) is 0 Å². The number of aromatic amines is 1. The summed E-state index contributed by atoms with van der Waals surface area (Å²) in [6, 6.07) is 5.44. The van der Waals surface area contributed by atoms with Gasteiger partial charge in [-0.15, -0.1) is 0 Å². The Morgan fingerprint density at radius 2 is 1.64 bits per heavy atom. The molecule has 1 aromatic heterocycles. The zero-order chi connectivity index (χ0) is 28.5. The zero-order valence-corrected chi connectivity index (χ0v) is 20.6. The maximum atomic E-state index is 13.6. The molecule has 16 heteroatoms. The Hall–Kier alpha value is -2.81. The van der Waals surface area contributed by atoms with E-state index in [-0.39, 0.29) is 31.5 Å². The van der Waals surface area contributed by atoms with E-state index in [1.54, 1.807) is 4.90 Å². The van der Waals surface area contributed by atoms with Gasteiger partial charge in [0.15, 0.2) is 6.29 Å². The molecule has 0 aliphatic carbocycles. The van der Waals surface area contributed by atoms with Crippen LogP contribution in [0.5, 0.6) is 0 Å². The van der Waals surface area contributed by atoms with E-state index in [2.05, 4.69) is 4.98 Å². The van der Waals surface area contributed by atoms with Crippen molar-refractivity contribution in [2.75, 3.05) is 13.2 Å². The van der Waals surface area contributed by atoms with Gasteiger partial charge in [0.2, 0.25) is 0 Å². The molecule has 1 aliphatic rings. The molecule has 3 aromatic rings. The number of hydrogen-bond acceptors (Lipinski definition) is 6. The van der Waals surface area contributed by atoms with Gasteiger partial charge in [0.05, 0.1) is 36.1 Å². The monoisotopic (exact) mass is 583 g/mol. The number of H-pyrrole nitrogens is 1. The van der Waals surface area contributed by atoms with Crippen LogP contribution in [-0.4, -0.2) is 43.4 Å². The average molecular weight is 583 g/mol. The fourth-order valence-electron chi connectivity index (χ4n) is 4.18. The average Bonchev–Trinajstić information content (AvgIpc) is 3.22. The second-order valence-corrected chi connectivity index (χ2v) is 9.60. The Kier molecular flexibility index (Phi) is 8.50. The highest BCUT2D eigenvalue weighted by atomic mass is 31.2. The van der Waals surface area contributed by atoms with Crippen molar-refractivity contribution in [1.82, 2.24) is 14.2 Å². The van der Waals surface area contributed by atoms with Crippen LogP contribution in [0.1, 0.15) is 34.0 Å². The van der Waals surface area contributed by atoms with Crippen LogP contribution >= 0.6 is 8.53 Å². The van der Waals surface area contributed by atoms with E-state index in [1.807, 2.05) is 0 Å². The molecular formula is C23H21F7N3O5P.